The maximum Gasteiger partial charge on any atom is 0.490 e. The fourth-order valence-electron chi connectivity index (χ4n) is 3.44. The lowest BCUT2D eigenvalue weighted by molar-refractivity contribution is -0.385. The van der Waals surface area contributed by atoms with E-state index in [0.29, 0.717) is 17.7 Å². The van der Waals surface area contributed by atoms with Crippen molar-refractivity contribution < 1.29 is 56.8 Å². The lowest BCUT2D eigenvalue weighted by Crippen LogP contribution is -2.47. The first kappa shape index (κ1) is 37.3. The summed E-state index contributed by atoms with van der Waals surface area (Å²) in [5.74, 6) is -3.62. The Morgan fingerprint density at radius 1 is 0.936 bits per heavy atom. The molecule has 0 bridgehead atoms. The summed E-state index contributed by atoms with van der Waals surface area (Å²) in [5.41, 5.74) is 0.680. The van der Waals surface area contributed by atoms with Gasteiger partial charge in [-0.3, -0.25) is 35.7 Å². The molecule has 0 saturated carbocycles. The summed E-state index contributed by atoms with van der Waals surface area (Å²) in [6.07, 6.45) is -6.39. The lowest BCUT2D eigenvalue weighted by atomic mass is 10.2. The van der Waals surface area contributed by atoms with E-state index in [2.05, 4.69) is 26.3 Å². The van der Waals surface area contributed by atoms with Crippen LogP contribution in [-0.4, -0.2) is 76.3 Å². The molecule has 0 aromatic heterocycles. The molecule has 0 aliphatic carbocycles. The van der Waals surface area contributed by atoms with Crippen LogP contribution in [0.15, 0.2) is 53.5 Å². The molecule has 0 unspecified atom stereocenters. The SMILES string of the molecule is C[C@H](N=C(NC(=O)OCc1ccc([N+](=O)[O-])cc1)NC(=O)OCc1ccc([N+](=O)[O-])cc1)C(=O)N[C@H]1CCNC1.O=C(O)C(F)(F)F. The zero-order valence-electron chi connectivity index (χ0n) is 24.3. The molecule has 3 rings (SSSR count). The van der Waals surface area contributed by atoms with Crippen LogP contribution in [0, 0.1) is 20.2 Å². The average Bonchev–Trinajstić information content (AvgIpc) is 3.52. The molecular formula is C26H28F3N7O11. The molecule has 18 nitrogen and oxygen atoms in total. The summed E-state index contributed by atoms with van der Waals surface area (Å²) in [4.78, 5) is 70.8. The van der Waals surface area contributed by atoms with Gasteiger partial charge in [0.2, 0.25) is 11.9 Å². The molecule has 1 heterocycles. The van der Waals surface area contributed by atoms with Crippen LogP contribution >= 0.6 is 0 Å². The molecule has 5 N–H and O–H groups in total. The molecule has 47 heavy (non-hydrogen) atoms. The number of halogens is 3. The van der Waals surface area contributed by atoms with Crippen molar-refractivity contribution in [3.63, 3.8) is 0 Å². The summed E-state index contributed by atoms with van der Waals surface area (Å²) in [7, 11) is 0. The second-order valence-electron chi connectivity index (χ2n) is 9.40. The van der Waals surface area contributed by atoms with Gasteiger partial charge in [-0.1, -0.05) is 0 Å². The molecule has 3 amide bonds. The first-order valence-electron chi connectivity index (χ1n) is 13.3. The van der Waals surface area contributed by atoms with Gasteiger partial charge in [0.1, 0.15) is 19.3 Å². The molecule has 254 valence electrons. The van der Waals surface area contributed by atoms with E-state index >= 15 is 0 Å². The summed E-state index contributed by atoms with van der Waals surface area (Å²) >= 11 is 0. The number of aliphatic carboxylic acids is 1. The number of non-ortho nitro benzene ring substituents is 2. The Bertz CT molecular complexity index is 1390. The van der Waals surface area contributed by atoms with Crippen molar-refractivity contribution in [3.8, 4) is 0 Å². The topological polar surface area (TPSA) is 254 Å². The number of hydrogen-bond acceptors (Lipinski definition) is 12. The third-order valence-electron chi connectivity index (χ3n) is 5.83. The summed E-state index contributed by atoms with van der Waals surface area (Å²) in [5, 5.41) is 39.1. The Hall–Kier alpha value is -5.86. The number of benzene rings is 2. The molecule has 2 aromatic rings. The van der Waals surface area contributed by atoms with Crippen molar-refractivity contribution in [2.45, 2.75) is 44.8 Å². The molecule has 21 heteroatoms. The van der Waals surface area contributed by atoms with Crippen molar-refractivity contribution in [1.82, 2.24) is 21.3 Å². The number of carboxylic acids is 1. The normalized spacial score (nSPS) is 14.3. The van der Waals surface area contributed by atoms with Gasteiger partial charge in [-0.15, -0.1) is 0 Å². The molecule has 1 aliphatic heterocycles. The van der Waals surface area contributed by atoms with Gasteiger partial charge in [0.15, 0.2) is 0 Å². The molecular weight excluding hydrogens is 643 g/mol. The zero-order chi connectivity index (χ0) is 35.1. The number of ether oxygens (including phenoxy) is 2. The predicted molar refractivity (Wildman–Crippen MR) is 153 cm³/mol. The van der Waals surface area contributed by atoms with Crippen LogP contribution in [0.1, 0.15) is 24.5 Å². The maximum atomic E-state index is 12.5. The number of carbonyl (C=O) groups excluding carboxylic acids is 3. The largest absolute Gasteiger partial charge is 0.490 e. The highest BCUT2D eigenvalue weighted by molar-refractivity contribution is 6.02. The number of carbonyl (C=O) groups is 4. The molecule has 2 atom stereocenters. The number of carboxylic acid groups (broad SMARTS) is 1. The molecule has 1 saturated heterocycles. The van der Waals surface area contributed by atoms with E-state index in [1.165, 1.54) is 55.5 Å². The number of alkyl halides is 3. The number of guanidine groups is 1. The Morgan fingerprint density at radius 3 is 1.70 bits per heavy atom. The smallest absolute Gasteiger partial charge is 0.475 e. The summed E-state index contributed by atoms with van der Waals surface area (Å²) in [6, 6.07) is 9.60. The van der Waals surface area contributed by atoms with E-state index in [4.69, 9.17) is 19.4 Å². The van der Waals surface area contributed by atoms with Crippen LogP contribution in [0.25, 0.3) is 0 Å². The van der Waals surface area contributed by atoms with Crippen LogP contribution in [0.2, 0.25) is 0 Å². The van der Waals surface area contributed by atoms with Gasteiger partial charge in [-0.25, -0.2) is 19.4 Å². The van der Waals surface area contributed by atoms with Crippen molar-refractivity contribution >= 4 is 41.4 Å². The minimum atomic E-state index is -5.08. The van der Waals surface area contributed by atoms with E-state index in [0.717, 1.165) is 13.0 Å². The van der Waals surface area contributed by atoms with E-state index < -0.39 is 52.1 Å². The van der Waals surface area contributed by atoms with Gasteiger partial charge in [0, 0.05) is 36.9 Å². The monoisotopic (exact) mass is 671 g/mol. The van der Waals surface area contributed by atoms with E-state index in [1.807, 2.05) is 0 Å². The number of rotatable bonds is 9. The van der Waals surface area contributed by atoms with Crippen LogP contribution in [0.3, 0.4) is 0 Å². The van der Waals surface area contributed by atoms with Gasteiger partial charge in [-0.2, -0.15) is 13.2 Å². The van der Waals surface area contributed by atoms with Gasteiger partial charge in [0.25, 0.3) is 11.4 Å². The van der Waals surface area contributed by atoms with Crippen LogP contribution in [-0.2, 0) is 32.3 Å². The van der Waals surface area contributed by atoms with E-state index in [1.54, 1.807) is 0 Å². The fraction of sp³-hybridized carbons (Fsp3) is 0.346. The van der Waals surface area contributed by atoms with Crippen molar-refractivity contribution in [1.29, 1.82) is 0 Å². The first-order valence-corrected chi connectivity index (χ1v) is 13.3. The van der Waals surface area contributed by atoms with Gasteiger partial charge >= 0.3 is 24.3 Å². The highest BCUT2D eigenvalue weighted by Crippen LogP contribution is 2.14. The third kappa shape index (κ3) is 13.8. The highest BCUT2D eigenvalue weighted by atomic mass is 19.4. The average molecular weight is 672 g/mol. The van der Waals surface area contributed by atoms with Crippen molar-refractivity contribution in [3.05, 3.63) is 79.9 Å². The van der Waals surface area contributed by atoms with Gasteiger partial charge < -0.3 is 25.2 Å². The van der Waals surface area contributed by atoms with E-state index in [9.17, 15) is 47.8 Å². The highest BCUT2D eigenvalue weighted by Gasteiger charge is 2.38. The van der Waals surface area contributed by atoms with Crippen LogP contribution in [0.5, 0.6) is 0 Å². The molecule has 0 radical (unpaired) electrons. The summed E-state index contributed by atoms with van der Waals surface area (Å²) < 4.78 is 41.9. The van der Waals surface area contributed by atoms with E-state index in [-0.39, 0.29) is 30.6 Å². The first-order chi connectivity index (χ1) is 22.0. The van der Waals surface area contributed by atoms with Crippen LogP contribution < -0.4 is 21.3 Å². The Kier molecular flexibility index (Phi) is 14.0. The number of aliphatic imine (C=N–C) groups is 1. The minimum Gasteiger partial charge on any atom is -0.475 e. The van der Waals surface area contributed by atoms with Crippen molar-refractivity contribution in [2.24, 2.45) is 4.99 Å². The quantitative estimate of drug-likeness (QED) is 0.112. The molecule has 1 fully saturated rings. The molecule has 2 aromatic carbocycles. The minimum absolute atomic E-state index is 0.0761. The Morgan fingerprint density at radius 2 is 1.36 bits per heavy atom. The number of nitrogens with one attached hydrogen (secondary N) is 4. The summed E-state index contributed by atoms with van der Waals surface area (Å²) in [6.45, 7) is 2.35. The lowest BCUT2D eigenvalue weighted by Gasteiger charge is -2.16. The zero-order valence-corrected chi connectivity index (χ0v) is 24.3. The molecule has 0 spiro atoms. The second-order valence-corrected chi connectivity index (χ2v) is 9.40. The number of amides is 3. The molecule has 1 aliphatic rings. The predicted octanol–water partition coefficient (Wildman–Crippen LogP) is 2.51. The van der Waals surface area contributed by atoms with Crippen LogP contribution in [0.4, 0.5) is 34.1 Å². The number of nitrogens with zero attached hydrogens (tertiary/aromatic N) is 3. The van der Waals surface area contributed by atoms with Crippen molar-refractivity contribution in [2.75, 3.05) is 13.1 Å². The number of nitro benzene ring substituents is 2. The Labute approximate surface area is 262 Å². The fourth-order valence-corrected chi connectivity index (χ4v) is 3.44. The maximum absolute atomic E-state index is 12.5. The number of hydrogen-bond donors (Lipinski definition) is 5. The standard InChI is InChI=1S/C24H27N7O9.C2HF3O2/c1-15(21(32)27-18-10-11-25-12-18)26-22(28-23(33)39-13-16-2-6-19(7-3-16)30(35)36)29-24(34)40-14-17-4-8-20(9-5-17)31(37)38;3-2(4,5)1(6)7/h2-9,15,18,25H,10-14H2,1H3,(H,27,32)(H2,26,28,29,33,34);(H,6,7)/t15-,18-;/m0./s1. The Balaban J connectivity index is 0.000000984. The third-order valence-corrected chi connectivity index (χ3v) is 5.83. The number of nitro groups is 2. The number of alkyl carbamates (subject to hydrolysis) is 2. The van der Waals surface area contributed by atoms with Gasteiger partial charge in [0.05, 0.1) is 9.85 Å². The van der Waals surface area contributed by atoms with Gasteiger partial charge in [-0.05, 0) is 55.3 Å². The second kappa shape index (κ2) is 17.6.